The van der Waals surface area contributed by atoms with Gasteiger partial charge in [0.15, 0.2) is 17.5 Å². The Kier molecular flexibility index (Phi) is 6.32. The van der Waals surface area contributed by atoms with Crippen LogP contribution in [0.2, 0.25) is 0 Å². The minimum Gasteiger partial charge on any atom is -0.490 e. The van der Waals surface area contributed by atoms with E-state index in [1.807, 2.05) is 20.8 Å². The second-order valence-electron chi connectivity index (χ2n) is 3.94. The molecular weight excluding hydrogens is 274 g/mol. The van der Waals surface area contributed by atoms with Gasteiger partial charge in [-0.1, -0.05) is 0 Å². The molecule has 116 valence electrons. The summed E-state index contributed by atoms with van der Waals surface area (Å²) in [5.41, 5.74) is 10.7. The number of hydrogen-bond acceptors (Lipinski definition) is 4. The van der Waals surface area contributed by atoms with E-state index in [0.29, 0.717) is 37.1 Å². The second kappa shape index (κ2) is 7.98. The molecule has 1 aromatic carbocycles. The van der Waals surface area contributed by atoms with Crippen LogP contribution >= 0.6 is 0 Å². The fourth-order valence-corrected chi connectivity index (χ4v) is 1.69. The van der Waals surface area contributed by atoms with Gasteiger partial charge in [0.05, 0.1) is 19.8 Å². The number of aliphatic imine (C=N–C) groups is 1. The number of nitrogens with zero attached hydrogens (tertiary/aromatic N) is 1. The summed E-state index contributed by atoms with van der Waals surface area (Å²) in [7, 11) is 0. The molecule has 0 atom stereocenters. The molecular formula is C14H21N3O4. The Bertz CT molecular complexity index is 498. The topological polar surface area (TPSA) is 109 Å². The smallest absolute Gasteiger partial charge is 0.280 e. The Balaban J connectivity index is 3.34. The zero-order valence-electron chi connectivity index (χ0n) is 12.5. The number of guanidine groups is 1. The monoisotopic (exact) mass is 295 g/mol. The number of carbonyl (C=O) groups is 1. The number of ether oxygens (including phenoxy) is 3. The van der Waals surface area contributed by atoms with Crippen LogP contribution in [0.1, 0.15) is 31.1 Å². The molecule has 1 amide bonds. The molecule has 0 saturated carbocycles. The molecule has 1 rings (SSSR count). The first-order chi connectivity index (χ1) is 10.0. The highest BCUT2D eigenvalue weighted by Gasteiger charge is 2.18. The number of amides is 1. The Morgan fingerprint density at radius 2 is 1.48 bits per heavy atom. The minimum absolute atomic E-state index is 0.263. The van der Waals surface area contributed by atoms with Crippen molar-refractivity contribution < 1.29 is 19.0 Å². The molecule has 0 aliphatic rings. The van der Waals surface area contributed by atoms with Gasteiger partial charge in [-0.2, -0.15) is 4.99 Å². The first-order valence-electron chi connectivity index (χ1n) is 6.73. The number of hydrogen-bond donors (Lipinski definition) is 2. The third-order valence-electron chi connectivity index (χ3n) is 2.39. The predicted octanol–water partition coefficient (Wildman–Crippen LogP) is 1.30. The summed E-state index contributed by atoms with van der Waals surface area (Å²) in [6, 6.07) is 3.07. The van der Waals surface area contributed by atoms with Gasteiger partial charge in [-0.05, 0) is 32.9 Å². The van der Waals surface area contributed by atoms with Gasteiger partial charge in [0, 0.05) is 5.56 Å². The fraction of sp³-hybridized carbons (Fsp3) is 0.429. The van der Waals surface area contributed by atoms with Gasteiger partial charge in [-0.3, -0.25) is 4.79 Å². The highest BCUT2D eigenvalue weighted by Crippen LogP contribution is 2.39. The number of carbonyl (C=O) groups excluding carboxylic acids is 1. The van der Waals surface area contributed by atoms with Crippen LogP contribution in [0.15, 0.2) is 17.1 Å². The molecule has 0 aliphatic heterocycles. The van der Waals surface area contributed by atoms with E-state index < -0.39 is 5.91 Å². The third-order valence-corrected chi connectivity index (χ3v) is 2.39. The summed E-state index contributed by atoms with van der Waals surface area (Å²) in [6.45, 7) is 6.81. The average Bonchev–Trinajstić information content (AvgIpc) is 2.41. The summed E-state index contributed by atoms with van der Waals surface area (Å²) < 4.78 is 16.6. The Morgan fingerprint density at radius 3 is 1.86 bits per heavy atom. The predicted molar refractivity (Wildman–Crippen MR) is 80.1 cm³/mol. The molecule has 4 N–H and O–H groups in total. The third kappa shape index (κ3) is 4.55. The van der Waals surface area contributed by atoms with Crippen LogP contribution in [-0.4, -0.2) is 31.7 Å². The van der Waals surface area contributed by atoms with E-state index in [1.54, 1.807) is 0 Å². The van der Waals surface area contributed by atoms with Crippen molar-refractivity contribution in [3.63, 3.8) is 0 Å². The zero-order valence-corrected chi connectivity index (χ0v) is 12.5. The lowest BCUT2D eigenvalue weighted by Crippen LogP contribution is -2.24. The summed E-state index contributed by atoms with van der Waals surface area (Å²) >= 11 is 0. The molecule has 1 aromatic rings. The van der Waals surface area contributed by atoms with E-state index in [1.165, 1.54) is 12.1 Å². The van der Waals surface area contributed by atoms with E-state index >= 15 is 0 Å². The lowest BCUT2D eigenvalue weighted by molar-refractivity contribution is 0.100. The van der Waals surface area contributed by atoms with Gasteiger partial charge in [-0.25, -0.2) is 0 Å². The lowest BCUT2D eigenvalue weighted by atomic mass is 10.1. The molecule has 0 fully saturated rings. The molecule has 0 saturated heterocycles. The van der Waals surface area contributed by atoms with Crippen molar-refractivity contribution in [2.75, 3.05) is 19.8 Å². The van der Waals surface area contributed by atoms with E-state index in [0.717, 1.165) is 0 Å². The first-order valence-corrected chi connectivity index (χ1v) is 6.73. The molecule has 0 radical (unpaired) electrons. The largest absolute Gasteiger partial charge is 0.490 e. The SMILES string of the molecule is CCOc1cc(C(=O)N=C(N)N)cc(OCC)c1OCC. The van der Waals surface area contributed by atoms with Crippen LogP contribution in [0.5, 0.6) is 17.2 Å². The molecule has 0 aromatic heterocycles. The molecule has 0 bridgehead atoms. The molecule has 7 heteroatoms. The van der Waals surface area contributed by atoms with Crippen molar-refractivity contribution in [3.05, 3.63) is 17.7 Å². The normalized spacial score (nSPS) is 9.86. The van der Waals surface area contributed by atoms with Crippen LogP contribution in [0, 0.1) is 0 Å². The average molecular weight is 295 g/mol. The van der Waals surface area contributed by atoms with E-state index in [9.17, 15) is 4.79 Å². The highest BCUT2D eigenvalue weighted by molar-refractivity contribution is 6.02. The van der Waals surface area contributed by atoms with Gasteiger partial charge in [0.2, 0.25) is 5.75 Å². The maximum absolute atomic E-state index is 11.9. The van der Waals surface area contributed by atoms with Crippen molar-refractivity contribution in [3.8, 4) is 17.2 Å². The maximum atomic E-state index is 11.9. The lowest BCUT2D eigenvalue weighted by Gasteiger charge is -2.16. The van der Waals surface area contributed by atoms with E-state index in [-0.39, 0.29) is 11.5 Å². The first kappa shape index (κ1) is 16.6. The van der Waals surface area contributed by atoms with Crippen molar-refractivity contribution in [2.24, 2.45) is 16.5 Å². The summed E-state index contributed by atoms with van der Waals surface area (Å²) in [5, 5.41) is 0. The highest BCUT2D eigenvalue weighted by atomic mass is 16.5. The van der Waals surface area contributed by atoms with E-state index in [4.69, 9.17) is 25.7 Å². The Morgan fingerprint density at radius 1 is 1.00 bits per heavy atom. The molecule has 0 aliphatic carbocycles. The molecule has 0 unspecified atom stereocenters. The van der Waals surface area contributed by atoms with Crippen LogP contribution in [0.3, 0.4) is 0 Å². The molecule has 0 spiro atoms. The van der Waals surface area contributed by atoms with E-state index in [2.05, 4.69) is 4.99 Å². The number of benzene rings is 1. The number of nitrogens with two attached hydrogens (primary N) is 2. The second-order valence-corrected chi connectivity index (χ2v) is 3.94. The van der Waals surface area contributed by atoms with Gasteiger partial charge >= 0.3 is 0 Å². The molecule has 7 nitrogen and oxygen atoms in total. The summed E-state index contributed by atoms with van der Waals surface area (Å²) in [6.07, 6.45) is 0. The maximum Gasteiger partial charge on any atom is 0.280 e. The fourth-order valence-electron chi connectivity index (χ4n) is 1.69. The van der Waals surface area contributed by atoms with Gasteiger partial charge in [0.1, 0.15) is 0 Å². The van der Waals surface area contributed by atoms with Crippen LogP contribution in [0.25, 0.3) is 0 Å². The van der Waals surface area contributed by atoms with Crippen molar-refractivity contribution >= 4 is 11.9 Å². The quantitative estimate of drug-likeness (QED) is 0.579. The van der Waals surface area contributed by atoms with Crippen molar-refractivity contribution in [1.82, 2.24) is 0 Å². The van der Waals surface area contributed by atoms with Crippen LogP contribution < -0.4 is 25.7 Å². The van der Waals surface area contributed by atoms with Crippen molar-refractivity contribution in [1.29, 1.82) is 0 Å². The Labute approximate surface area is 123 Å². The number of rotatable bonds is 7. The summed E-state index contributed by atoms with van der Waals surface area (Å²) in [4.78, 5) is 15.4. The van der Waals surface area contributed by atoms with Gasteiger partial charge in [-0.15, -0.1) is 0 Å². The molecule has 21 heavy (non-hydrogen) atoms. The standard InChI is InChI=1S/C14H21N3O4/c1-4-19-10-7-9(13(18)17-14(15)16)8-11(20-5-2)12(10)21-6-3/h7-8H,4-6H2,1-3H3,(H4,15,16,17,18). The van der Waals surface area contributed by atoms with Gasteiger partial charge < -0.3 is 25.7 Å². The zero-order chi connectivity index (χ0) is 15.8. The Hall–Kier alpha value is -2.44. The summed E-state index contributed by atoms with van der Waals surface area (Å²) in [5.74, 6) is 0.422. The van der Waals surface area contributed by atoms with Crippen LogP contribution in [0.4, 0.5) is 0 Å². The van der Waals surface area contributed by atoms with Crippen molar-refractivity contribution in [2.45, 2.75) is 20.8 Å². The minimum atomic E-state index is -0.569. The molecule has 0 heterocycles. The van der Waals surface area contributed by atoms with Crippen LogP contribution in [-0.2, 0) is 0 Å². The van der Waals surface area contributed by atoms with Gasteiger partial charge in [0.25, 0.3) is 5.91 Å².